The molecule has 8 nitrogen and oxygen atoms in total. The SMILES string of the molecule is CC1=C[C@H]2O[C@@H]3C[C@H]4OC(=O)/C=C\C=C\[C@H]([C@H](C)O)OCC/C(C)=C/C(=O)OC[C@@]2(CC1)[C@]4(C)[C@]31CO1. The molecule has 2 bridgehead atoms. The zero-order chi connectivity index (χ0) is 26.4. The number of aliphatic hydroxyl groups excluding tert-OH is 1. The van der Waals surface area contributed by atoms with Gasteiger partial charge in [0.1, 0.15) is 24.4 Å². The summed E-state index contributed by atoms with van der Waals surface area (Å²) in [6.45, 7) is 8.73. The highest BCUT2D eigenvalue weighted by atomic mass is 16.6. The van der Waals surface area contributed by atoms with Crippen molar-refractivity contribution >= 4 is 11.9 Å². The van der Waals surface area contributed by atoms with E-state index in [-0.39, 0.29) is 18.8 Å². The standard InChI is InChI=1S/C29H38O8/c1-18-9-11-28-16-34-26(32)14-19(2)10-12-33-21(20(3)30)7-5-6-8-25(31)37-22-15-24(36-23(28)13-18)29(17-35-29)27(22,28)4/h5-8,13-14,20-24,30H,9-12,15-17H2,1-4H3/b7-5+,8-6-,19-14+/t20-,21+,22+,23+,24+,27+,28+,29-/m0/s1. The highest BCUT2D eigenvalue weighted by molar-refractivity contribution is 5.83. The number of hydrogen-bond acceptors (Lipinski definition) is 8. The summed E-state index contributed by atoms with van der Waals surface area (Å²) >= 11 is 0. The summed E-state index contributed by atoms with van der Waals surface area (Å²) in [4.78, 5) is 25.9. The molecule has 2 saturated heterocycles. The normalized spacial score (nSPS) is 46.2. The lowest BCUT2D eigenvalue weighted by Crippen LogP contribution is -2.66. The lowest BCUT2D eigenvalue weighted by molar-refractivity contribution is -0.232. The molecule has 0 radical (unpaired) electrons. The zero-order valence-electron chi connectivity index (χ0n) is 22.1. The number of allylic oxidation sites excluding steroid dienone is 3. The average molecular weight is 515 g/mol. The van der Waals surface area contributed by atoms with Gasteiger partial charge in [-0.1, -0.05) is 42.4 Å². The van der Waals surface area contributed by atoms with E-state index in [1.165, 1.54) is 17.7 Å². The van der Waals surface area contributed by atoms with E-state index in [0.29, 0.717) is 26.1 Å². The summed E-state index contributed by atoms with van der Waals surface area (Å²) in [7, 11) is 0. The van der Waals surface area contributed by atoms with Crippen LogP contribution in [0.5, 0.6) is 0 Å². The van der Waals surface area contributed by atoms with E-state index < -0.39 is 46.7 Å². The summed E-state index contributed by atoms with van der Waals surface area (Å²) in [5, 5.41) is 10.0. The zero-order valence-corrected chi connectivity index (χ0v) is 22.1. The van der Waals surface area contributed by atoms with Crippen LogP contribution >= 0.6 is 0 Å². The van der Waals surface area contributed by atoms with Gasteiger partial charge in [0.25, 0.3) is 0 Å². The number of carbonyl (C=O) groups is 2. The van der Waals surface area contributed by atoms with Crippen molar-refractivity contribution in [1.29, 1.82) is 0 Å². The molecule has 3 heterocycles. The van der Waals surface area contributed by atoms with E-state index >= 15 is 0 Å². The second-order valence-corrected chi connectivity index (χ2v) is 11.4. The van der Waals surface area contributed by atoms with E-state index in [1.54, 1.807) is 25.2 Å². The number of cyclic esters (lactones) is 1. The van der Waals surface area contributed by atoms with Gasteiger partial charge >= 0.3 is 11.9 Å². The van der Waals surface area contributed by atoms with Gasteiger partial charge in [0.05, 0.1) is 36.9 Å². The number of epoxide rings is 1. The molecule has 0 aromatic heterocycles. The fraction of sp³-hybridized carbons (Fsp3) is 0.655. The van der Waals surface area contributed by atoms with Crippen LogP contribution in [0.1, 0.15) is 53.4 Å². The molecule has 3 aliphatic heterocycles. The molecule has 1 N–H and O–H groups in total. The maximum Gasteiger partial charge on any atom is 0.331 e. The largest absolute Gasteiger partial charge is 0.462 e. The second-order valence-electron chi connectivity index (χ2n) is 11.4. The molecule has 0 amide bonds. The number of ether oxygens (including phenoxy) is 5. The predicted molar refractivity (Wildman–Crippen MR) is 134 cm³/mol. The van der Waals surface area contributed by atoms with Crippen molar-refractivity contribution in [2.45, 2.75) is 89.5 Å². The van der Waals surface area contributed by atoms with Crippen molar-refractivity contribution in [3.63, 3.8) is 0 Å². The number of aliphatic hydroxyl groups is 1. The third-order valence-corrected chi connectivity index (χ3v) is 9.24. The molecule has 5 rings (SSSR count). The molecule has 0 aromatic carbocycles. The van der Waals surface area contributed by atoms with Gasteiger partial charge in [-0.15, -0.1) is 0 Å². The van der Waals surface area contributed by atoms with Gasteiger partial charge in [-0.2, -0.15) is 0 Å². The highest BCUT2D eigenvalue weighted by Crippen LogP contribution is 2.72. The molecule has 0 unspecified atom stereocenters. The Labute approximate surface area is 218 Å². The summed E-state index contributed by atoms with van der Waals surface area (Å²) in [5.41, 5.74) is 0.318. The Bertz CT molecular complexity index is 1050. The summed E-state index contributed by atoms with van der Waals surface area (Å²) < 4.78 is 30.6. The second kappa shape index (κ2) is 9.80. The first-order valence-electron chi connectivity index (χ1n) is 13.3. The smallest absolute Gasteiger partial charge is 0.331 e. The van der Waals surface area contributed by atoms with Crippen LogP contribution in [0.15, 0.2) is 47.6 Å². The van der Waals surface area contributed by atoms with Gasteiger partial charge in [-0.3, -0.25) is 0 Å². The quantitative estimate of drug-likeness (QED) is 0.323. The van der Waals surface area contributed by atoms with E-state index in [2.05, 4.69) is 19.9 Å². The van der Waals surface area contributed by atoms with Crippen LogP contribution in [0.2, 0.25) is 0 Å². The number of esters is 2. The van der Waals surface area contributed by atoms with Crippen LogP contribution in [0.3, 0.4) is 0 Å². The lowest BCUT2D eigenvalue weighted by Gasteiger charge is -2.58. The van der Waals surface area contributed by atoms with Gasteiger partial charge in [0.15, 0.2) is 0 Å². The molecule has 3 fully saturated rings. The Morgan fingerprint density at radius 3 is 2.57 bits per heavy atom. The minimum atomic E-state index is -0.735. The number of hydrogen-bond donors (Lipinski definition) is 1. The molecule has 5 aliphatic rings. The van der Waals surface area contributed by atoms with Crippen molar-refractivity contribution < 1.29 is 38.4 Å². The van der Waals surface area contributed by atoms with Crippen LogP contribution in [0.4, 0.5) is 0 Å². The molecule has 2 spiro atoms. The Morgan fingerprint density at radius 1 is 1.05 bits per heavy atom. The highest BCUT2D eigenvalue weighted by Gasteiger charge is 2.83. The van der Waals surface area contributed by atoms with Crippen LogP contribution in [-0.2, 0) is 33.3 Å². The fourth-order valence-corrected chi connectivity index (χ4v) is 6.85. The van der Waals surface area contributed by atoms with Gasteiger partial charge in [-0.25, -0.2) is 9.59 Å². The maximum absolute atomic E-state index is 12.9. The van der Waals surface area contributed by atoms with Crippen molar-refractivity contribution in [1.82, 2.24) is 0 Å². The van der Waals surface area contributed by atoms with Crippen LogP contribution in [-0.4, -0.2) is 73.0 Å². The van der Waals surface area contributed by atoms with Crippen molar-refractivity contribution in [3.8, 4) is 0 Å². The van der Waals surface area contributed by atoms with Crippen LogP contribution in [0, 0.1) is 10.8 Å². The molecular formula is C29H38O8. The average Bonchev–Trinajstić information content (AvgIpc) is 3.61. The fourth-order valence-electron chi connectivity index (χ4n) is 6.85. The molecule has 37 heavy (non-hydrogen) atoms. The first-order valence-corrected chi connectivity index (χ1v) is 13.3. The van der Waals surface area contributed by atoms with Crippen molar-refractivity contribution in [3.05, 3.63) is 47.6 Å². The topological polar surface area (TPSA) is 104 Å². The Hall–Kier alpha value is -2.26. The van der Waals surface area contributed by atoms with Gasteiger partial charge in [0, 0.05) is 24.0 Å². The number of carbonyl (C=O) groups excluding carboxylic acids is 2. The molecule has 202 valence electrons. The van der Waals surface area contributed by atoms with E-state index in [0.717, 1.165) is 18.4 Å². The maximum atomic E-state index is 12.9. The molecule has 1 saturated carbocycles. The van der Waals surface area contributed by atoms with Gasteiger partial charge < -0.3 is 28.8 Å². The molecule has 8 heteroatoms. The summed E-state index contributed by atoms with van der Waals surface area (Å²) in [5.74, 6) is -0.879. The Kier molecular flexibility index (Phi) is 6.98. The summed E-state index contributed by atoms with van der Waals surface area (Å²) in [6, 6.07) is 0. The molecular weight excluding hydrogens is 476 g/mol. The first-order chi connectivity index (χ1) is 17.6. The van der Waals surface area contributed by atoms with Gasteiger partial charge in [0.2, 0.25) is 0 Å². The van der Waals surface area contributed by atoms with Crippen LogP contribution < -0.4 is 0 Å². The van der Waals surface area contributed by atoms with Gasteiger partial charge in [-0.05, 0) is 40.0 Å². The molecule has 8 atom stereocenters. The minimum absolute atomic E-state index is 0.144. The molecule has 0 aromatic rings. The van der Waals surface area contributed by atoms with E-state index in [4.69, 9.17) is 23.7 Å². The molecule has 2 aliphatic carbocycles. The number of rotatable bonds is 1. The third kappa shape index (κ3) is 4.42. The lowest BCUT2D eigenvalue weighted by atomic mass is 9.51. The van der Waals surface area contributed by atoms with E-state index in [9.17, 15) is 14.7 Å². The predicted octanol–water partition coefficient (Wildman–Crippen LogP) is 3.34. The van der Waals surface area contributed by atoms with Crippen LogP contribution in [0.25, 0.3) is 0 Å². The Morgan fingerprint density at radius 2 is 1.84 bits per heavy atom. The third-order valence-electron chi connectivity index (χ3n) is 9.24. The first kappa shape index (κ1) is 26.4. The van der Waals surface area contributed by atoms with E-state index in [1.807, 2.05) is 6.92 Å². The Balaban J connectivity index is 1.51. The van der Waals surface area contributed by atoms with Crippen molar-refractivity contribution in [2.24, 2.45) is 10.8 Å². The summed E-state index contributed by atoms with van der Waals surface area (Å²) in [6.07, 6.45) is 10.5. The minimum Gasteiger partial charge on any atom is -0.462 e. The monoisotopic (exact) mass is 514 g/mol. The van der Waals surface area contributed by atoms with Crippen molar-refractivity contribution in [2.75, 3.05) is 19.8 Å².